The predicted octanol–water partition coefficient (Wildman–Crippen LogP) is 2.53. The summed E-state index contributed by atoms with van der Waals surface area (Å²) in [5.41, 5.74) is 2.32. The summed E-state index contributed by atoms with van der Waals surface area (Å²) < 4.78 is 1.88. The Morgan fingerprint density at radius 1 is 0.969 bits per heavy atom. The molecule has 32 heavy (non-hydrogen) atoms. The summed E-state index contributed by atoms with van der Waals surface area (Å²) in [6.07, 6.45) is 3.04. The summed E-state index contributed by atoms with van der Waals surface area (Å²) in [6, 6.07) is 13.0. The zero-order valence-corrected chi connectivity index (χ0v) is 18.5. The lowest BCUT2D eigenvalue weighted by Gasteiger charge is -2.47. The molecule has 4 heterocycles. The molecule has 0 saturated carbocycles. The van der Waals surface area contributed by atoms with Crippen LogP contribution < -0.4 is 10.9 Å². The van der Waals surface area contributed by atoms with E-state index in [-0.39, 0.29) is 23.3 Å². The summed E-state index contributed by atoms with van der Waals surface area (Å²) in [7, 11) is 0. The number of fused-ring (bicyclic) bond motifs is 4. The van der Waals surface area contributed by atoms with Crippen molar-refractivity contribution in [3.63, 3.8) is 0 Å². The number of nitrogens with zero attached hydrogens (tertiary/aromatic N) is 3. The van der Waals surface area contributed by atoms with E-state index in [1.165, 1.54) is 0 Å². The molecule has 2 bridgehead atoms. The van der Waals surface area contributed by atoms with Gasteiger partial charge in [-0.25, -0.2) is 0 Å². The molecule has 0 aliphatic carbocycles. The normalized spacial score (nSPS) is 23.5. The number of aromatic nitrogens is 1. The molecule has 2 fully saturated rings. The molecule has 3 aliphatic rings. The van der Waals surface area contributed by atoms with E-state index in [0.29, 0.717) is 24.1 Å². The van der Waals surface area contributed by atoms with Crippen molar-refractivity contribution in [2.24, 2.45) is 5.92 Å². The average molecular weight is 435 g/mol. The second-order valence-electron chi connectivity index (χ2n) is 9.39. The van der Waals surface area contributed by atoms with Gasteiger partial charge < -0.3 is 14.8 Å². The highest BCUT2D eigenvalue weighted by Crippen LogP contribution is 2.40. The van der Waals surface area contributed by atoms with Gasteiger partial charge in [-0.05, 0) is 43.4 Å². The van der Waals surface area contributed by atoms with E-state index in [1.807, 2.05) is 27.7 Å². The summed E-state index contributed by atoms with van der Waals surface area (Å²) in [5, 5.41) is 3.07. The van der Waals surface area contributed by atoms with Crippen molar-refractivity contribution < 1.29 is 9.59 Å². The first-order valence-corrected chi connectivity index (χ1v) is 11.6. The molecule has 7 nitrogen and oxygen atoms in total. The van der Waals surface area contributed by atoms with E-state index < -0.39 is 0 Å². The van der Waals surface area contributed by atoms with Crippen molar-refractivity contribution >= 4 is 17.5 Å². The van der Waals surface area contributed by atoms with E-state index in [9.17, 15) is 14.4 Å². The van der Waals surface area contributed by atoms with Gasteiger partial charge in [0.25, 0.3) is 11.5 Å². The number of anilines is 1. The number of likely N-dealkylation sites (tertiary alicyclic amines) is 2. The number of hydrogen-bond donors (Lipinski definition) is 1. The molecule has 5 rings (SSSR count). The molecule has 1 aromatic heterocycles. The molecule has 7 heteroatoms. The quantitative estimate of drug-likeness (QED) is 0.806. The van der Waals surface area contributed by atoms with Gasteiger partial charge in [0.15, 0.2) is 0 Å². The van der Waals surface area contributed by atoms with Crippen molar-refractivity contribution in [2.75, 3.05) is 31.5 Å². The fraction of sp³-hybridized carbons (Fsp3) is 0.480. The number of carbonyl (C=O) groups excluding carboxylic acids is 2. The Bertz CT molecular complexity index is 1070. The first-order chi connectivity index (χ1) is 15.5. The molecule has 1 N–H and O–H groups in total. The molecule has 2 aromatic rings. The fourth-order valence-electron chi connectivity index (χ4n) is 5.79. The molecule has 2 atom stereocenters. The second-order valence-corrected chi connectivity index (χ2v) is 9.39. The van der Waals surface area contributed by atoms with E-state index in [1.54, 1.807) is 31.2 Å². The molecule has 168 valence electrons. The third kappa shape index (κ3) is 3.97. The number of amides is 2. The number of pyridine rings is 1. The van der Waals surface area contributed by atoms with Crippen LogP contribution in [0.4, 0.5) is 5.69 Å². The molecule has 3 aliphatic heterocycles. The molecule has 2 saturated heterocycles. The minimum Gasteiger partial charge on any atom is -0.343 e. The van der Waals surface area contributed by atoms with Crippen molar-refractivity contribution in [3.05, 3.63) is 64.1 Å². The van der Waals surface area contributed by atoms with Crippen LogP contribution in [0.2, 0.25) is 0 Å². The Kier molecular flexibility index (Phi) is 5.59. The lowest BCUT2D eigenvalue weighted by molar-refractivity contribution is -0.130. The van der Waals surface area contributed by atoms with Crippen molar-refractivity contribution in [1.29, 1.82) is 0 Å². The fourth-order valence-corrected chi connectivity index (χ4v) is 5.79. The third-order valence-electron chi connectivity index (χ3n) is 7.33. The maximum atomic E-state index is 12.8. The van der Waals surface area contributed by atoms with Crippen molar-refractivity contribution in [1.82, 2.24) is 14.4 Å². The topological polar surface area (TPSA) is 74.7 Å². The van der Waals surface area contributed by atoms with Crippen LogP contribution in [0.15, 0.2) is 47.3 Å². The minimum absolute atomic E-state index is 0.00984. The summed E-state index contributed by atoms with van der Waals surface area (Å²) in [6.45, 7) is 5.86. The zero-order chi connectivity index (χ0) is 22.2. The molecule has 2 amide bonds. The molecule has 1 aromatic carbocycles. The van der Waals surface area contributed by atoms with Crippen LogP contribution in [0.5, 0.6) is 0 Å². The smallest absolute Gasteiger partial charge is 0.255 e. The van der Waals surface area contributed by atoms with E-state index >= 15 is 0 Å². The van der Waals surface area contributed by atoms with Gasteiger partial charge in [0.2, 0.25) is 5.91 Å². The van der Waals surface area contributed by atoms with Gasteiger partial charge in [-0.1, -0.05) is 18.2 Å². The monoisotopic (exact) mass is 434 g/mol. The first kappa shape index (κ1) is 20.9. The second kappa shape index (κ2) is 8.54. The summed E-state index contributed by atoms with van der Waals surface area (Å²) in [4.78, 5) is 41.7. The van der Waals surface area contributed by atoms with E-state index in [0.717, 1.165) is 56.8 Å². The number of rotatable bonds is 3. The Balaban J connectivity index is 1.38. The van der Waals surface area contributed by atoms with E-state index in [4.69, 9.17) is 0 Å². The van der Waals surface area contributed by atoms with Crippen LogP contribution in [0.25, 0.3) is 0 Å². The lowest BCUT2D eigenvalue weighted by atomic mass is 9.81. The standard InChI is InChI=1S/C25H30N4O3/c1-17(30)27-11-9-21(10-12-27)28-14-18-13-20(16-28)24-22(7-8-23(31)29(24)15-18)26-25(32)19-5-3-2-4-6-19/h2-8,18,20-21H,9-16H2,1H3,(H,26,32)/t18-,20-/m1/s1. The van der Waals surface area contributed by atoms with Crippen LogP contribution in [0.3, 0.4) is 0 Å². The minimum atomic E-state index is -0.154. The molecular formula is C25H30N4O3. The maximum Gasteiger partial charge on any atom is 0.255 e. The predicted molar refractivity (Wildman–Crippen MR) is 123 cm³/mol. The number of benzene rings is 1. The largest absolute Gasteiger partial charge is 0.343 e. The third-order valence-corrected chi connectivity index (χ3v) is 7.33. The zero-order valence-electron chi connectivity index (χ0n) is 18.5. The van der Waals surface area contributed by atoms with Crippen LogP contribution in [0, 0.1) is 5.92 Å². The van der Waals surface area contributed by atoms with Crippen LogP contribution in [0.1, 0.15) is 48.2 Å². The van der Waals surface area contributed by atoms with Gasteiger partial charge in [0.05, 0.1) is 5.69 Å². The van der Waals surface area contributed by atoms with Crippen LogP contribution in [-0.4, -0.2) is 58.4 Å². The Labute approximate surface area is 188 Å². The number of piperidine rings is 2. The SMILES string of the molecule is CC(=O)N1CCC(N2C[C@H]3C[C@H](C2)c2c(NC(=O)c4ccccc4)ccc(=O)n2C3)CC1. The number of hydrogen-bond acceptors (Lipinski definition) is 4. The van der Waals surface area contributed by atoms with Gasteiger partial charge >= 0.3 is 0 Å². The summed E-state index contributed by atoms with van der Waals surface area (Å²) >= 11 is 0. The Morgan fingerprint density at radius 3 is 2.44 bits per heavy atom. The molecule has 0 spiro atoms. The highest BCUT2D eigenvalue weighted by molar-refractivity contribution is 6.04. The van der Waals surface area contributed by atoms with E-state index in [2.05, 4.69) is 10.2 Å². The maximum absolute atomic E-state index is 12.8. The summed E-state index contributed by atoms with van der Waals surface area (Å²) in [5.74, 6) is 0.655. The van der Waals surface area contributed by atoms with Gasteiger partial charge in [0, 0.05) is 68.9 Å². The average Bonchev–Trinajstić information content (AvgIpc) is 2.81. The molecule has 0 unspecified atom stereocenters. The van der Waals surface area contributed by atoms with Gasteiger partial charge in [-0.2, -0.15) is 0 Å². The van der Waals surface area contributed by atoms with Gasteiger partial charge in [0.1, 0.15) is 0 Å². The Hall–Kier alpha value is -2.93. The highest BCUT2D eigenvalue weighted by Gasteiger charge is 2.39. The van der Waals surface area contributed by atoms with Crippen molar-refractivity contribution in [3.8, 4) is 0 Å². The van der Waals surface area contributed by atoms with Gasteiger partial charge in [-0.3, -0.25) is 19.3 Å². The highest BCUT2D eigenvalue weighted by atomic mass is 16.2. The Morgan fingerprint density at radius 2 is 1.72 bits per heavy atom. The van der Waals surface area contributed by atoms with Crippen LogP contribution in [-0.2, 0) is 11.3 Å². The molecule has 0 radical (unpaired) electrons. The van der Waals surface area contributed by atoms with Crippen LogP contribution >= 0.6 is 0 Å². The molecular weight excluding hydrogens is 404 g/mol. The van der Waals surface area contributed by atoms with Crippen molar-refractivity contribution in [2.45, 2.75) is 44.7 Å². The lowest BCUT2D eigenvalue weighted by Crippen LogP contribution is -2.53. The number of carbonyl (C=O) groups is 2. The first-order valence-electron chi connectivity index (χ1n) is 11.6. The van der Waals surface area contributed by atoms with Gasteiger partial charge in [-0.15, -0.1) is 0 Å². The number of nitrogens with one attached hydrogen (secondary N) is 1.